The van der Waals surface area contributed by atoms with Crippen molar-refractivity contribution < 1.29 is 8.85 Å². The summed E-state index contributed by atoms with van der Waals surface area (Å²) in [5.41, 5.74) is 7.12. The zero-order valence-corrected chi connectivity index (χ0v) is 10.2. The Hall–Kier alpha value is -1.48. The van der Waals surface area contributed by atoms with Crippen LogP contribution in [0, 0.1) is 5.92 Å². The standard InChI is InChI=1S/C14H20N2O/c1-10(2)13(15)9-16-7-6-11-8-12(17-3)4-5-14(11)16/h4-8,10,13H,9,15H2,1-3H3/i3D3. The van der Waals surface area contributed by atoms with E-state index < -0.39 is 7.04 Å². The van der Waals surface area contributed by atoms with Gasteiger partial charge in [-0.05, 0) is 30.2 Å². The van der Waals surface area contributed by atoms with Gasteiger partial charge in [0.15, 0.2) is 0 Å². The van der Waals surface area contributed by atoms with Crippen molar-refractivity contribution in [3.63, 3.8) is 0 Å². The molecule has 1 unspecified atom stereocenters. The number of fused-ring (bicyclic) bond motifs is 1. The second kappa shape index (κ2) is 4.80. The molecular weight excluding hydrogens is 212 g/mol. The zero-order valence-electron chi connectivity index (χ0n) is 13.2. The lowest BCUT2D eigenvalue weighted by molar-refractivity contribution is 0.415. The fourth-order valence-corrected chi connectivity index (χ4v) is 1.84. The molecular formula is C14H20N2O. The molecule has 0 bridgehead atoms. The number of ether oxygens (including phenoxy) is 1. The van der Waals surface area contributed by atoms with Crippen LogP contribution in [0.4, 0.5) is 0 Å². The minimum Gasteiger partial charge on any atom is -0.497 e. The van der Waals surface area contributed by atoms with E-state index in [1.54, 1.807) is 12.1 Å². The van der Waals surface area contributed by atoms with Crippen molar-refractivity contribution in [2.75, 3.05) is 7.04 Å². The topological polar surface area (TPSA) is 40.2 Å². The van der Waals surface area contributed by atoms with Crippen molar-refractivity contribution in [1.82, 2.24) is 4.57 Å². The zero-order chi connectivity index (χ0) is 14.9. The van der Waals surface area contributed by atoms with Gasteiger partial charge >= 0.3 is 0 Å². The molecule has 0 saturated heterocycles. The molecule has 1 aromatic heterocycles. The molecule has 0 aliphatic carbocycles. The average Bonchev–Trinajstić information content (AvgIpc) is 2.69. The number of rotatable bonds is 4. The summed E-state index contributed by atoms with van der Waals surface area (Å²) in [6.45, 7) is 4.93. The fraction of sp³-hybridized carbons (Fsp3) is 0.429. The second-order valence-corrected chi connectivity index (χ2v) is 4.70. The van der Waals surface area contributed by atoms with E-state index in [0.29, 0.717) is 11.7 Å². The summed E-state index contributed by atoms with van der Waals surface area (Å²) in [4.78, 5) is 0. The van der Waals surface area contributed by atoms with Crippen LogP contribution >= 0.6 is 0 Å². The molecule has 0 saturated carbocycles. The van der Waals surface area contributed by atoms with Gasteiger partial charge in [0.25, 0.3) is 0 Å². The van der Waals surface area contributed by atoms with Crippen LogP contribution in [0.15, 0.2) is 30.5 Å². The first-order valence-corrected chi connectivity index (χ1v) is 5.80. The maximum Gasteiger partial charge on any atom is 0.119 e. The Labute approximate surface area is 106 Å². The van der Waals surface area contributed by atoms with Crippen LogP contribution in [-0.4, -0.2) is 17.6 Å². The van der Waals surface area contributed by atoms with E-state index in [0.717, 1.165) is 17.4 Å². The molecule has 3 heteroatoms. The van der Waals surface area contributed by atoms with E-state index in [9.17, 15) is 0 Å². The lowest BCUT2D eigenvalue weighted by Gasteiger charge is -2.17. The molecule has 0 amide bonds. The monoisotopic (exact) mass is 235 g/mol. The third-order valence-electron chi connectivity index (χ3n) is 3.12. The number of benzene rings is 1. The van der Waals surface area contributed by atoms with Gasteiger partial charge < -0.3 is 15.0 Å². The van der Waals surface area contributed by atoms with Crippen molar-refractivity contribution in [3.8, 4) is 5.75 Å². The van der Waals surface area contributed by atoms with Crippen molar-refractivity contribution in [1.29, 1.82) is 0 Å². The smallest absolute Gasteiger partial charge is 0.119 e. The molecule has 1 heterocycles. The van der Waals surface area contributed by atoms with Gasteiger partial charge in [0.1, 0.15) is 5.75 Å². The van der Waals surface area contributed by atoms with E-state index in [1.807, 2.05) is 18.3 Å². The summed E-state index contributed by atoms with van der Waals surface area (Å²) < 4.78 is 28.3. The van der Waals surface area contributed by atoms with Gasteiger partial charge in [0.2, 0.25) is 0 Å². The second-order valence-electron chi connectivity index (χ2n) is 4.70. The minimum absolute atomic E-state index is 0.0869. The fourth-order valence-electron chi connectivity index (χ4n) is 1.84. The SMILES string of the molecule is [2H]C([2H])([2H])Oc1ccc2c(ccn2CC(N)C(C)C)c1. The lowest BCUT2D eigenvalue weighted by atomic mass is 10.1. The van der Waals surface area contributed by atoms with Gasteiger partial charge in [-0.3, -0.25) is 0 Å². The highest BCUT2D eigenvalue weighted by Gasteiger charge is 2.10. The van der Waals surface area contributed by atoms with Gasteiger partial charge in [0, 0.05) is 29.7 Å². The van der Waals surface area contributed by atoms with E-state index >= 15 is 0 Å². The van der Waals surface area contributed by atoms with Crippen LogP contribution in [0.25, 0.3) is 10.9 Å². The lowest BCUT2D eigenvalue weighted by Crippen LogP contribution is -2.31. The number of nitrogens with two attached hydrogens (primary N) is 1. The Bertz CT molecular complexity index is 590. The predicted octanol–water partition coefficient (Wildman–Crippen LogP) is 2.63. The summed E-state index contributed by atoms with van der Waals surface area (Å²) in [7, 11) is -2.42. The van der Waals surface area contributed by atoms with Crippen LogP contribution < -0.4 is 10.5 Å². The quantitative estimate of drug-likeness (QED) is 0.885. The Kier molecular flexibility index (Phi) is 2.42. The highest BCUT2D eigenvalue weighted by molar-refractivity contribution is 5.81. The molecule has 3 nitrogen and oxygen atoms in total. The first-order chi connectivity index (χ1) is 9.26. The van der Waals surface area contributed by atoms with Gasteiger partial charge in [-0.25, -0.2) is 0 Å². The molecule has 0 fully saturated rings. The maximum atomic E-state index is 7.11. The molecule has 0 radical (unpaired) electrons. The molecule has 17 heavy (non-hydrogen) atoms. The van der Waals surface area contributed by atoms with Gasteiger partial charge in [0.05, 0.1) is 11.2 Å². The minimum atomic E-state index is -2.42. The Balaban J connectivity index is 2.25. The maximum absolute atomic E-state index is 7.11. The summed E-state index contributed by atoms with van der Waals surface area (Å²) in [5.74, 6) is 0.758. The summed E-state index contributed by atoms with van der Waals surface area (Å²) in [5, 5.41) is 0.947. The molecule has 92 valence electrons. The van der Waals surface area contributed by atoms with Crippen LogP contribution in [0.5, 0.6) is 5.75 Å². The number of methoxy groups -OCH3 is 1. The molecule has 1 atom stereocenters. The first kappa shape index (κ1) is 8.59. The molecule has 0 spiro atoms. The number of hydrogen-bond donors (Lipinski definition) is 1. The third-order valence-corrected chi connectivity index (χ3v) is 3.12. The highest BCUT2D eigenvalue weighted by atomic mass is 16.5. The largest absolute Gasteiger partial charge is 0.497 e. The highest BCUT2D eigenvalue weighted by Crippen LogP contribution is 2.22. The summed E-state index contributed by atoms with van der Waals surface area (Å²) >= 11 is 0. The van der Waals surface area contributed by atoms with Crippen molar-refractivity contribution in [3.05, 3.63) is 30.5 Å². The Morgan fingerprint density at radius 3 is 2.94 bits per heavy atom. The molecule has 2 N–H and O–H groups in total. The average molecular weight is 235 g/mol. The van der Waals surface area contributed by atoms with Gasteiger partial charge in [-0.2, -0.15) is 0 Å². The van der Waals surface area contributed by atoms with E-state index in [2.05, 4.69) is 18.4 Å². The first-order valence-electron chi connectivity index (χ1n) is 7.30. The number of hydrogen-bond acceptors (Lipinski definition) is 2. The van der Waals surface area contributed by atoms with Gasteiger partial charge in [-0.1, -0.05) is 13.8 Å². The van der Waals surface area contributed by atoms with E-state index in [-0.39, 0.29) is 6.04 Å². The van der Waals surface area contributed by atoms with Crippen LogP contribution in [0.3, 0.4) is 0 Å². The van der Waals surface area contributed by atoms with E-state index in [4.69, 9.17) is 14.6 Å². The summed E-state index contributed by atoms with van der Waals surface area (Å²) in [6, 6.07) is 7.30. The molecule has 0 aliphatic heterocycles. The molecule has 2 rings (SSSR count). The Morgan fingerprint density at radius 1 is 1.41 bits per heavy atom. The van der Waals surface area contributed by atoms with Crippen molar-refractivity contribution >= 4 is 10.9 Å². The molecule has 1 aromatic carbocycles. The molecule has 2 aromatic rings. The predicted molar refractivity (Wildman–Crippen MR) is 71.3 cm³/mol. The van der Waals surface area contributed by atoms with Gasteiger partial charge in [-0.15, -0.1) is 0 Å². The molecule has 0 aliphatic rings. The Morgan fingerprint density at radius 2 is 2.24 bits per heavy atom. The third kappa shape index (κ3) is 2.44. The number of nitrogens with zero attached hydrogens (tertiary/aromatic N) is 1. The normalized spacial score (nSPS) is 16.6. The van der Waals surface area contributed by atoms with Crippen LogP contribution in [0.1, 0.15) is 18.0 Å². The van der Waals surface area contributed by atoms with Crippen LogP contribution in [-0.2, 0) is 6.54 Å². The number of aromatic nitrogens is 1. The summed E-state index contributed by atoms with van der Waals surface area (Å²) in [6.07, 6.45) is 1.96. The van der Waals surface area contributed by atoms with Crippen LogP contribution in [0.2, 0.25) is 0 Å². The van der Waals surface area contributed by atoms with E-state index in [1.165, 1.54) is 0 Å². The van der Waals surface area contributed by atoms with Crippen molar-refractivity contribution in [2.45, 2.75) is 26.4 Å². The van der Waals surface area contributed by atoms with Crippen molar-refractivity contribution in [2.24, 2.45) is 11.7 Å².